The first-order chi connectivity index (χ1) is 25.7. The second-order valence-corrected chi connectivity index (χ2v) is 16.5. The molecule has 0 saturated carbocycles. The molecule has 0 spiro atoms. The van der Waals surface area contributed by atoms with Crippen LogP contribution in [-0.4, -0.2) is 130 Å². The van der Waals surface area contributed by atoms with Crippen molar-refractivity contribution in [3.8, 4) is 0 Å². The topological polar surface area (TPSA) is 144 Å². The first-order valence-corrected chi connectivity index (χ1v) is 19.9. The molecule has 11 atom stereocenters. The van der Waals surface area contributed by atoms with E-state index in [1.807, 2.05) is 60.5 Å². The number of hydrogen-bond donors (Lipinski definition) is 2. The van der Waals surface area contributed by atoms with Gasteiger partial charge in [-0.1, -0.05) is 67.0 Å². The van der Waals surface area contributed by atoms with Crippen molar-refractivity contribution in [2.24, 2.45) is 35.3 Å². The van der Waals surface area contributed by atoms with Crippen LogP contribution in [0.1, 0.15) is 92.7 Å². The van der Waals surface area contributed by atoms with Crippen LogP contribution in [0.15, 0.2) is 24.3 Å². The van der Waals surface area contributed by atoms with Gasteiger partial charge in [0.2, 0.25) is 17.7 Å². The Balaban J connectivity index is 2.33. The number of carbonyl (C=O) groups is 4. The number of likely N-dealkylation sites (N-methyl/N-ethyl adjacent to an activating group) is 2. The lowest BCUT2D eigenvalue weighted by atomic mass is 9.83. The van der Waals surface area contributed by atoms with E-state index in [1.54, 1.807) is 57.0 Å². The minimum Gasteiger partial charge on any atom is -0.380 e. The van der Waals surface area contributed by atoms with E-state index < -0.39 is 48.2 Å². The summed E-state index contributed by atoms with van der Waals surface area (Å²) in [5.41, 5.74) is 7.10. The molecular formula is C42H72FN5O7. The third-order valence-corrected chi connectivity index (χ3v) is 11.8. The van der Waals surface area contributed by atoms with Crippen molar-refractivity contribution in [3.05, 3.63) is 35.6 Å². The zero-order chi connectivity index (χ0) is 41.9. The molecule has 2 unspecified atom stereocenters. The molecule has 12 nitrogen and oxygen atoms in total. The molecule has 1 heterocycles. The Bertz CT molecular complexity index is 1370. The Kier molecular flexibility index (Phi) is 19.4. The quantitative estimate of drug-likeness (QED) is 0.171. The van der Waals surface area contributed by atoms with Gasteiger partial charge < -0.3 is 35.1 Å². The number of methoxy groups -OCH3 is 3. The van der Waals surface area contributed by atoms with E-state index in [4.69, 9.17) is 19.9 Å². The molecule has 3 N–H and O–H groups in total. The van der Waals surface area contributed by atoms with Crippen LogP contribution in [0.4, 0.5) is 4.39 Å². The van der Waals surface area contributed by atoms with Gasteiger partial charge in [-0.05, 0) is 62.9 Å². The number of rotatable bonds is 22. The summed E-state index contributed by atoms with van der Waals surface area (Å²) in [4.78, 5) is 61.3. The number of likely N-dealkylation sites (tertiary alicyclic amines) is 1. The normalized spacial score (nSPS) is 21.1. The van der Waals surface area contributed by atoms with Gasteiger partial charge in [-0.15, -0.1) is 0 Å². The number of nitrogens with one attached hydrogen (secondary N) is 1. The molecule has 1 aromatic rings. The number of halogens is 1. The Morgan fingerprint density at radius 2 is 1.53 bits per heavy atom. The van der Waals surface area contributed by atoms with Gasteiger partial charge in [0.25, 0.3) is 0 Å². The number of ketones is 1. The Hall–Kier alpha value is -2.97. The zero-order valence-corrected chi connectivity index (χ0v) is 36.0. The van der Waals surface area contributed by atoms with Crippen molar-refractivity contribution in [2.45, 2.75) is 130 Å². The fourth-order valence-electron chi connectivity index (χ4n) is 8.34. The SMILES string of the molecule is CCC(C)[C@@H]([C@@H](CC(=O)N1C[C@H](OC)C[C@H]1[C@H](OC)[C@@H](C)C(=O)N[C@H](C)C(N)c1ccc(F)cc1)OC)N(C)C(=O)[C@@H](CC(=O)[C@H](C(C)C)N(C)C)C(C)C. The van der Waals surface area contributed by atoms with E-state index in [0.717, 1.165) is 6.42 Å². The third-order valence-electron chi connectivity index (χ3n) is 11.8. The molecule has 1 aliphatic rings. The van der Waals surface area contributed by atoms with Crippen LogP contribution in [-0.2, 0) is 33.4 Å². The summed E-state index contributed by atoms with van der Waals surface area (Å²) in [5, 5.41) is 2.99. The van der Waals surface area contributed by atoms with E-state index in [1.165, 1.54) is 19.2 Å². The van der Waals surface area contributed by atoms with Crippen LogP contribution < -0.4 is 11.1 Å². The van der Waals surface area contributed by atoms with Crippen LogP contribution in [0.5, 0.6) is 0 Å². The standard InChI is InChI=1S/C42H72FN5O7/c1-15-26(6)39(47(11)42(52)32(24(2)3)21-34(49)38(25(4)5)46(9)10)35(54-13)22-36(50)48-23-31(53-12)20-33(48)40(55-14)27(7)41(51)45-28(8)37(44)29-16-18-30(43)19-17-29/h16-19,24-28,31-33,35,37-40H,15,20-23,44H2,1-14H3,(H,45,51)/t26?,27-,28-,31-,32+,33+,35-,37?,38+,39+,40-/m1/s1. The molecule has 1 aromatic carbocycles. The summed E-state index contributed by atoms with van der Waals surface area (Å²) in [6, 6.07) is 3.59. The average Bonchev–Trinajstić information content (AvgIpc) is 3.57. The molecule has 55 heavy (non-hydrogen) atoms. The molecule has 13 heteroatoms. The van der Waals surface area contributed by atoms with Gasteiger partial charge in [-0.3, -0.25) is 24.1 Å². The molecule has 2 rings (SSSR count). The van der Waals surface area contributed by atoms with E-state index in [9.17, 15) is 23.6 Å². The van der Waals surface area contributed by atoms with Crippen LogP contribution in [0.25, 0.3) is 0 Å². The highest BCUT2D eigenvalue weighted by Crippen LogP contribution is 2.32. The third kappa shape index (κ3) is 12.5. The van der Waals surface area contributed by atoms with Gasteiger partial charge in [-0.25, -0.2) is 4.39 Å². The number of benzene rings is 1. The van der Waals surface area contributed by atoms with E-state index in [-0.39, 0.29) is 72.1 Å². The maximum Gasteiger partial charge on any atom is 0.226 e. The van der Waals surface area contributed by atoms with Crippen molar-refractivity contribution in [1.29, 1.82) is 0 Å². The highest BCUT2D eigenvalue weighted by Gasteiger charge is 2.46. The van der Waals surface area contributed by atoms with Gasteiger partial charge in [0.15, 0.2) is 5.78 Å². The fraction of sp³-hybridized carbons (Fsp3) is 0.762. The number of ether oxygens (including phenoxy) is 3. The van der Waals surface area contributed by atoms with Gasteiger partial charge in [0, 0.05) is 59.3 Å². The second-order valence-electron chi connectivity index (χ2n) is 16.5. The van der Waals surface area contributed by atoms with E-state index >= 15 is 0 Å². The summed E-state index contributed by atoms with van der Waals surface area (Å²) in [6.07, 6.45) is -0.291. The lowest BCUT2D eigenvalue weighted by molar-refractivity contribution is -0.149. The monoisotopic (exact) mass is 778 g/mol. The Labute approximate surface area is 330 Å². The molecule has 0 aromatic heterocycles. The maximum absolute atomic E-state index is 14.4. The highest BCUT2D eigenvalue weighted by atomic mass is 19.1. The second kappa shape index (κ2) is 22.1. The average molecular weight is 778 g/mol. The molecule has 3 amide bonds. The van der Waals surface area contributed by atoms with Crippen molar-refractivity contribution in [3.63, 3.8) is 0 Å². The van der Waals surface area contributed by atoms with Crippen molar-refractivity contribution in [2.75, 3.05) is 49.0 Å². The van der Waals surface area contributed by atoms with Crippen LogP contribution in [0.2, 0.25) is 0 Å². The predicted octanol–water partition coefficient (Wildman–Crippen LogP) is 4.69. The number of nitrogens with two attached hydrogens (primary N) is 1. The van der Waals surface area contributed by atoms with Crippen LogP contribution in [0, 0.1) is 35.4 Å². The van der Waals surface area contributed by atoms with E-state index in [2.05, 4.69) is 5.32 Å². The molecule has 0 aliphatic carbocycles. The first kappa shape index (κ1) is 48.2. The molecule has 0 radical (unpaired) electrons. The van der Waals surface area contributed by atoms with Gasteiger partial charge >= 0.3 is 0 Å². The van der Waals surface area contributed by atoms with Gasteiger partial charge in [0.05, 0.1) is 48.8 Å². The minimum absolute atomic E-state index is 0.0159. The minimum atomic E-state index is -0.671. The number of amides is 3. The molecule has 1 aliphatic heterocycles. The number of hydrogen-bond acceptors (Lipinski definition) is 9. The van der Waals surface area contributed by atoms with Crippen molar-refractivity contribution >= 4 is 23.5 Å². The number of nitrogens with zero attached hydrogens (tertiary/aromatic N) is 3. The number of carbonyl (C=O) groups excluding carboxylic acids is 4. The largest absolute Gasteiger partial charge is 0.380 e. The van der Waals surface area contributed by atoms with Gasteiger partial charge in [-0.2, -0.15) is 0 Å². The summed E-state index contributed by atoms with van der Waals surface area (Å²) >= 11 is 0. The van der Waals surface area contributed by atoms with Crippen LogP contribution in [0.3, 0.4) is 0 Å². The maximum atomic E-state index is 14.4. The highest BCUT2D eigenvalue weighted by molar-refractivity contribution is 5.90. The lowest BCUT2D eigenvalue weighted by Gasteiger charge is -2.41. The molecule has 1 fully saturated rings. The number of Topliss-reactive ketones (excluding diaryl/α,β-unsaturated/α-hetero) is 1. The van der Waals surface area contributed by atoms with Crippen molar-refractivity contribution in [1.82, 2.24) is 20.0 Å². The Morgan fingerprint density at radius 3 is 2.00 bits per heavy atom. The molecule has 1 saturated heterocycles. The lowest BCUT2D eigenvalue weighted by Crippen LogP contribution is -2.55. The summed E-state index contributed by atoms with van der Waals surface area (Å²) in [6.45, 7) is 15.9. The summed E-state index contributed by atoms with van der Waals surface area (Å²) in [7, 11) is 10.2. The zero-order valence-electron chi connectivity index (χ0n) is 36.0. The Morgan fingerprint density at radius 1 is 0.927 bits per heavy atom. The van der Waals surface area contributed by atoms with E-state index in [0.29, 0.717) is 18.5 Å². The molecular weight excluding hydrogens is 705 g/mol. The fourth-order valence-corrected chi connectivity index (χ4v) is 8.34. The van der Waals surface area contributed by atoms with Crippen molar-refractivity contribution < 1.29 is 37.8 Å². The summed E-state index contributed by atoms with van der Waals surface area (Å²) in [5.74, 6) is -2.19. The summed E-state index contributed by atoms with van der Waals surface area (Å²) < 4.78 is 31.2. The smallest absolute Gasteiger partial charge is 0.226 e. The molecule has 314 valence electrons. The van der Waals surface area contributed by atoms with Crippen LogP contribution >= 0.6 is 0 Å². The predicted molar refractivity (Wildman–Crippen MR) is 214 cm³/mol. The first-order valence-electron chi connectivity index (χ1n) is 19.9. The molecule has 0 bridgehead atoms. The van der Waals surface area contributed by atoms with Gasteiger partial charge in [0.1, 0.15) is 5.82 Å².